The zero-order valence-electron chi connectivity index (χ0n) is 6.07. The summed E-state index contributed by atoms with van der Waals surface area (Å²) in [7, 11) is 0. The number of alkyl halides is 1. The summed E-state index contributed by atoms with van der Waals surface area (Å²) in [6.45, 7) is 4.10. The van der Waals surface area contributed by atoms with Crippen molar-refractivity contribution in [2.45, 2.75) is 19.2 Å². The molecule has 0 aliphatic heterocycles. The minimum absolute atomic E-state index is 0.113. The van der Waals surface area contributed by atoms with E-state index in [1.807, 2.05) is 19.1 Å². The normalized spacial score (nSPS) is 33.2. The van der Waals surface area contributed by atoms with Gasteiger partial charge in [0.15, 0.2) is 0 Å². The summed E-state index contributed by atoms with van der Waals surface area (Å²) >= 11 is 11.8. The zero-order chi connectivity index (χ0) is 7.72. The molecule has 0 amide bonds. The topological polar surface area (TPSA) is 0 Å². The monoisotopic (exact) mass is 176 g/mol. The Morgan fingerprint density at radius 2 is 2.10 bits per heavy atom. The molecular formula is C8H10Cl2. The van der Waals surface area contributed by atoms with Crippen LogP contribution in [-0.2, 0) is 0 Å². The maximum absolute atomic E-state index is 5.95. The SMILES string of the molecule is CC1=C(Cl)C=CC(Cl)C1C. The third kappa shape index (κ3) is 1.38. The smallest absolute Gasteiger partial charge is 0.0582 e. The number of rotatable bonds is 0. The van der Waals surface area contributed by atoms with Crippen molar-refractivity contribution in [2.24, 2.45) is 5.92 Å². The van der Waals surface area contributed by atoms with Crippen molar-refractivity contribution >= 4 is 23.2 Å². The summed E-state index contributed by atoms with van der Waals surface area (Å²) in [5.74, 6) is 0.374. The first kappa shape index (κ1) is 8.16. The van der Waals surface area contributed by atoms with Crippen LogP contribution in [0.15, 0.2) is 22.8 Å². The lowest BCUT2D eigenvalue weighted by Gasteiger charge is -2.20. The molecule has 0 saturated carbocycles. The first-order chi connectivity index (χ1) is 4.63. The Balaban J connectivity index is 2.88. The van der Waals surface area contributed by atoms with E-state index < -0.39 is 0 Å². The van der Waals surface area contributed by atoms with E-state index in [0.29, 0.717) is 5.92 Å². The van der Waals surface area contributed by atoms with E-state index >= 15 is 0 Å². The Morgan fingerprint density at radius 1 is 1.50 bits per heavy atom. The van der Waals surface area contributed by atoms with Crippen molar-refractivity contribution < 1.29 is 0 Å². The van der Waals surface area contributed by atoms with Crippen molar-refractivity contribution in [3.8, 4) is 0 Å². The van der Waals surface area contributed by atoms with Crippen LogP contribution in [-0.4, -0.2) is 5.38 Å². The minimum Gasteiger partial charge on any atom is -0.118 e. The maximum atomic E-state index is 5.95. The van der Waals surface area contributed by atoms with Crippen molar-refractivity contribution in [3.63, 3.8) is 0 Å². The van der Waals surface area contributed by atoms with E-state index in [9.17, 15) is 0 Å². The second kappa shape index (κ2) is 2.98. The Hall–Kier alpha value is 0.0600. The van der Waals surface area contributed by atoms with Gasteiger partial charge in [-0.1, -0.05) is 30.2 Å². The Bertz CT molecular complexity index is 191. The zero-order valence-corrected chi connectivity index (χ0v) is 7.58. The predicted octanol–water partition coefficient (Wildman–Crippen LogP) is 3.31. The minimum atomic E-state index is 0.113. The van der Waals surface area contributed by atoms with Gasteiger partial charge in [0.1, 0.15) is 0 Å². The number of hydrogen-bond acceptors (Lipinski definition) is 0. The lowest BCUT2D eigenvalue weighted by molar-refractivity contribution is 0.691. The molecule has 1 rings (SSSR count). The lowest BCUT2D eigenvalue weighted by Crippen LogP contribution is -2.13. The predicted molar refractivity (Wildman–Crippen MR) is 46.5 cm³/mol. The van der Waals surface area contributed by atoms with Crippen LogP contribution >= 0.6 is 23.2 Å². The van der Waals surface area contributed by atoms with Gasteiger partial charge in [0, 0.05) is 5.03 Å². The Labute approximate surface area is 71.5 Å². The van der Waals surface area contributed by atoms with Crippen LogP contribution in [0.5, 0.6) is 0 Å². The highest BCUT2D eigenvalue weighted by atomic mass is 35.5. The standard InChI is InChI=1S/C8H10Cl2/c1-5-6(2)8(10)4-3-7(5)9/h3-5,7H,1-2H3. The maximum Gasteiger partial charge on any atom is 0.0582 e. The molecule has 2 heteroatoms. The molecule has 0 N–H and O–H groups in total. The van der Waals surface area contributed by atoms with Gasteiger partial charge in [-0.15, -0.1) is 11.6 Å². The number of allylic oxidation sites excluding steroid dienone is 4. The van der Waals surface area contributed by atoms with Gasteiger partial charge in [0.2, 0.25) is 0 Å². The van der Waals surface area contributed by atoms with Crippen LogP contribution in [0.2, 0.25) is 0 Å². The summed E-state index contributed by atoms with van der Waals surface area (Å²) < 4.78 is 0. The quantitative estimate of drug-likeness (QED) is 0.498. The second-order valence-corrected chi connectivity index (χ2v) is 3.53. The molecule has 0 heterocycles. The van der Waals surface area contributed by atoms with Crippen molar-refractivity contribution in [2.75, 3.05) is 0 Å². The van der Waals surface area contributed by atoms with Crippen LogP contribution in [0.3, 0.4) is 0 Å². The highest BCUT2D eigenvalue weighted by molar-refractivity contribution is 6.32. The molecule has 0 fully saturated rings. The average Bonchev–Trinajstić information content (AvgIpc) is 1.93. The molecule has 1 aliphatic carbocycles. The van der Waals surface area contributed by atoms with Gasteiger partial charge >= 0.3 is 0 Å². The van der Waals surface area contributed by atoms with Gasteiger partial charge in [-0.2, -0.15) is 0 Å². The number of halogens is 2. The van der Waals surface area contributed by atoms with Crippen LogP contribution < -0.4 is 0 Å². The van der Waals surface area contributed by atoms with Crippen molar-refractivity contribution in [1.29, 1.82) is 0 Å². The molecule has 2 atom stereocenters. The first-order valence-corrected chi connectivity index (χ1v) is 4.13. The summed E-state index contributed by atoms with van der Waals surface area (Å²) in [6, 6.07) is 0. The van der Waals surface area contributed by atoms with E-state index in [0.717, 1.165) is 5.03 Å². The fourth-order valence-corrected chi connectivity index (χ4v) is 1.44. The summed E-state index contributed by atoms with van der Waals surface area (Å²) in [5, 5.41) is 0.951. The van der Waals surface area contributed by atoms with E-state index in [1.54, 1.807) is 0 Å². The van der Waals surface area contributed by atoms with Crippen LogP contribution in [0.25, 0.3) is 0 Å². The largest absolute Gasteiger partial charge is 0.118 e. The molecule has 0 bridgehead atoms. The van der Waals surface area contributed by atoms with Gasteiger partial charge in [0.05, 0.1) is 5.38 Å². The third-order valence-electron chi connectivity index (χ3n) is 1.96. The molecule has 0 aromatic heterocycles. The van der Waals surface area contributed by atoms with Gasteiger partial charge in [0.25, 0.3) is 0 Å². The van der Waals surface area contributed by atoms with E-state index in [-0.39, 0.29) is 5.38 Å². The Kier molecular flexibility index (Phi) is 2.43. The third-order valence-corrected chi connectivity index (χ3v) is 2.91. The van der Waals surface area contributed by atoms with Crippen LogP contribution in [0.4, 0.5) is 0 Å². The summed E-state index contributed by atoms with van der Waals surface area (Å²) in [5.41, 5.74) is 1.18. The van der Waals surface area contributed by atoms with Gasteiger partial charge < -0.3 is 0 Å². The van der Waals surface area contributed by atoms with Crippen LogP contribution in [0.1, 0.15) is 13.8 Å². The molecular weight excluding hydrogens is 167 g/mol. The number of hydrogen-bond donors (Lipinski definition) is 0. The first-order valence-electron chi connectivity index (χ1n) is 3.31. The fraction of sp³-hybridized carbons (Fsp3) is 0.500. The molecule has 56 valence electrons. The highest BCUT2D eigenvalue weighted by Crippen LogP contribution is 2.29. The molecule has 1 aliphatic rings. The average molecular weight is 177 g/mol. The highest BCUT2D eigenvalue weighted by Gasteiger charge is 2.18. The van der Waals surface area contributed by atoms with E-state index in [2.05, 4.69) is 6.92 Å². The van der Waals surface area contributed by atoms with E-state index in [1.165, 1.54) is 5.57 Å². The summed E-state index contributed by atoms with van der Waals surface area (Å²) in [6.07, 6.45) is 3.80. The molecule has 0 saturated heterocycles. The molecule has 0 aromatic carbocycles. The molecule has 2 unspecified atom stereocenters. The lowest BCUT2D eigenvalue weighted by atomic mass is 9.94. The molecule has 0 radical (unpaired) electrons. The van der Waals surface area contributed by atoms with Gasteiger partial charge in [-0.05, 0) is 18.9 Å². The Morgan fingerprint density at radius 3 is 2.60 bits per heavy atom. The van der Waals surface area contributed by atoms with Gasteiger partial charge in [-0.3, -0.25) is 0 Å². The fourth-order valence-electron chi connectivity index (χ4n) is 0.931. The van der Waals surface area contributed by atoms with Crippen molar-refractivity contribution in [3.05, 3.63) is 22.8 Å². The molecule has 0 aromatic rings. The molecule has 0 spiro atoms. The summed E-state index contributed by atoms with van der Waals surface area (Å²) in [4.78, 5) is 0. The van der Waals surface area contributed by atoms with Gasteiger partial charge in [-0.25, -0.2) is 0 Å². The van der Waals surface area contributed by atoms with E-state index in [4.69, 9.17) is 23.2 Å². The molecule has 0 nitrogen and oxygen atoms in total. The van der Waals surface area contributed by atoms with Crippen LogP contribution in [0, 0.1) is 5.92 Å². The second-order valence-electron chi connectivity index (χ2n) is 2.62. The van der Waals surface area contributed by atoms with Crippen molar-refractivity contribution in [1.82, 2.24) is 0 Å². The molecule has 10 heavy (non-hydrogen) atoms.